The summed E-state index contributed by atoms with van der Waals surface area (Å²) in [5, 5.41) is 0.729. The highest BCUT2D eigenvalue weighted by atomic mass is 79.9. The Morgan fingerprint density at radius 3 is 2.26 bits per heavy atom. The molecule has 0 heterocycles. The Kier molecular flexibility index (Phi) is 4.88. The molecule has 0 N–H and O–H groups in total. The predicted molar refractivity (Wildman–Crippen MR) is 81.3 cm³/mol. The average Bonchev–Trinajstić information content (AvgIpc) is 2.36. The number of benzene rings is 2. The van der Waals surface area contributed by atoms with Gasteiger partial charge in [0.25, 0.3) is 0 Å². The van der Waals surface area contributed by atoms with Gasteiger partial charge in [0.15, 0.2) is 0 Å². The molecule has 0 aromatic heterocycles. The Bertz CT molecular complexity index is 632. The molecular formula is C13H6Br2Cl2F2. The number of hydrogen-bond donors (Lipinski definition) is 0. The molecule has 0 spiro atoms. The summed E-state index contributed by atoms with van der Waals surface area (Å²) in [6.45, 7) is 0. The van der Waals surface area contributed by atoms with E-state index in [0.29, 0.717) is 14.5 Å². The molecule has 2 rings (SSSR count). The van der Waals surface area contributed by atoms with E-state index in [-0.39, 0.29) is 11.1 Å². The van der Waals surface area contributed by atoms with Crippen LogP contribution < -0.4 is 0 Å². The molecule has 0 aliphatic carbocycles. The van der Waals surface area contributed by atoms with Crippen LogP contribution in [0, 0.1) is 11.6 Å². The van der Waals surface area contributed by atoms with Crippen molar-refractivity contribution >= 4 is 55.1 Å². The lowest BCUT2D eigenvalue weighted by atomic mass is 10.0. The fourth-order valence-corrected chi connectivity index (χ4v) is 2.98. The number of rotatable bonds is 2. The van der Waals surface area contributed by atoms with Gasteiger partial charge in [-0.15, -0.1) is 0 Å². The third-order valence-corrected chi connectivity index (χ3v) is 4.96. The molecule has 2 aromatic carbocycles. The summed E-state index contributed by atoms with van der Waals surface area (Å²) in [5.41, 5.74) is 0.499. The molecule has 1 unspecified atom stereocenters. The van der Waals surface area contributed by atoms with Crippen molar-refractivity contribution in [2.45, 2.75) is 4.83 Å². The smallest absolute Gasteiger partial charge is 0.129 e. The topological polar surface area (TPSA) is 0 Å². The van der Waals surface area contributed by atoms with E-state index in [1.54, 1.807) is 0 Å². The van der Waals surface area contributed by atoms with Crippen LogP contribution in [0.4, 0.5) is 8.78 Å². The number of halogens is 6. The number of alkyl halides is 1. The highest BCUT2D eigenvalue weighted by Crippen LogP contribution is 2.38. The van der Waals surface area contributed by atoms with Crippen LogP contribution in [0.2, 0.25) is 10.0 Å². The fourth-order valence-electron chi connectivity index (χ4n) is 1.61. The van der Waals surface area contributed by atoms with Gasteiger partial charge >= 0.3 is 0 Å². The molecule has 0 radical (unpaired) electrons. The summed E-state index contributed by atoms with van der Waals surface area (Å²) >= 11 is 18.2. The SMILES string of the molecule is Fc1ccc(Cl)cc1C(Br)c1cc(Cl)c(Br)cc1F. The van der Waals surface area contributed by atoms with Gasteiger partial charge in [0.05, 0.1) is 9.85 Å². The zero-order chi connectivity index (χ0) is 14.2. The van der Waals surface area contributed by atoms with Crippen molar-refractivity contribution in [3.8, 4) is 0 Å². The first-order chi connectivity index (χ1) is 8.90. The van der Waals surface area contributed by atoms with Crippen LogP contribution in [-0.2, 0) is 0 Å². The summed E-state index contributed by atoms with van der Waals surface area (Å²) < 4.78 is 28.1. The van der Waals surface area contributed by atoms with Crippen LogP contribution >= 0.6 is 55.1 Å². The van der Waals surface area contributed by atoms with Crippen molar-refractivity contribution in [3.63, 3.8) is 0 Å². The van der Waals surface area contributed by atoms with Crippen molar-refractivity contribution in [1.29, 1.82) is 0 Å². The summed E-state index contributed by atoms with van der Waals surface area (Å²) in [4.78, 5) is -0.670. The molecule has 0 fully saturated rings. The molecule has 0 aliphatic heterocycles. The summed E-state index contributed by atoms with van der Waals surface area (Å²) in [6, 6.07) is 6.82. The molecule has 0 bridgehead atoms. The Morgan fingerprint density at radius 1 is 0.947 bits per heavy atom. The lowest BCUT2D eigenvalue weighted by Gasteiger charge is -2.14. The predicted octanol–water partition coefficient (Wildman–Crippen LogP) is 6.52. The van der Waals surface area contributed by atoms with E-state index < -0.39 is 16.5 Å². The molecule has 0 saturated carbocycles. The van der Waals surface area contributed by atoms with Gasteiger partial charge < -0.3 is 0 Å². The van der Waals surface area contributed by atoms with Gasteiger partial charge in [0.1, 0.15) is 11.6 Å². The monoisotopic (exact) mass is 428 g/mol. The van der Waals surface area contributed by atoms with E-state index in [0.717, 1.165) is 0 Å². The molecule has 0 saturated heterocycles. The minimum atomic E-state index is -0.670. The van der Waals surface area contributed by atoms with Gasteiger partial charge in [-0.3, -0.25) is 0 Å². The molecule has 19 heavy (non-hydrogen) atoms. The summed E-state index contributed by atoms with van der Waals surface area (Å²) in [5.74, 6) is -0.956. The normalized spacial score (nSPS) is 12.5. The maximum absolute atomic E-state index is 13.9. The first-order valence-electron chi connectivity index (χ1n) is 5.13. The van der Waals surface area contributed by atoms with E-state index in [9.17, 15) is 8.78 Å². The largest absolute Gasteiger partial charge is 0.207 e. The molecule has 0 nitrogen and oxygen atoms in total. The van der Waals surface area contributed by atoms with E-state index in [1.807, 2.05) is 0 Å². The molecule has 1 atom stereocenters. The Morgan fingerprint density at radius 2 is 1.58 bits per heavy atom. The highest BCUT2D eigenvalue weighted by molar-refractivity contribution is 9.10. The average molecular weight is 431 g/mol. The Hall–Kier alpha value is -0.160. The van der Waals surface area contributed by atoms with E-state index in [1.165, 1.54) is 30.3 Å². The zero-order valence-electron chi connectivity index (χ0n) is 9.23. The highest BCUT2D eigenvalue weighted by Gasteiger charge is 2.20. The van der Waals surface area contributed by atoms with Crippen LogP contribution in [-0.4, -0.2) is 0 Å². The Labute approximate surface area is 136 Å². The third kappa shape index (κ3) is 3.30. The third-order valence-electron chi connectivity index (χ3n) is 2.54. The van der Waals surface area contributed by atoms with Crippen molar-refractivity contribution in [3.05, 3.63) is 67.6 Å². The lowest BCUT2D eigenvalue weighted by Crippen LogP contribution is -2.00. The van der Waals surface area contributed by atoms with E-state index >= 15 is 0 Å². The first-order valence-corrected chi connectivity index (χ1v) is 7.60. The van der Waals surface area contributed by atoms with E-state index in [4.69, 9.17) is 23.2 Å². The Balaban J connectivity index is 2.52. The van der Waals surface area contributed by atoms with Crippen LogP contribution in [0.1, 0.15) is 16.0 Å². The molecule has 0 aliphatic rings. The summed E-state index contributed by atoms with van der Waals surface area (Å²) in [6.07, 6.45) is 0. The van der Waals surface area contributed by atoms with Gasteiger partial charge in [-0.25, -0.2) is 8.78 Å². The van der Waals surface area contributed by atoms with Gasteiger partial charge in [-0.2, -0.15) is 0 Å². The van der Waals surface area contributed by atoms with Gasteiger partial charge in [-0.1, -0.05) is 39.1 Å². The maximum atomic E-state index is 13.9. The van der Waals surface area contributed by atoms with Crippen molar-refractivity contribution in [2.24, 2.45) is 0 Å². The van der Waals surface area contributed by atoms with Crippen LogP contribution in [0.3, 0.4) is 0 Å². The number of hydrogen-bond acceptors (Lipinski definition) is 0. The second kappa shape index (κ2) is 6.08. The maximum Gasteiger partial charge on any atom is 0.129 e. The van der Waals surface area contributed by atoms with Crippen molar-refractivity contribution in [1.82, 2.24) is 0 Å². The molecule has 0 amide bonds. The van der Waals surface area contributed by atoms with Crippen molar-refractivity contribution in [2.75, 3.05) is 0 Å². The minimum absolute atomic E-state index is 0.245. The van der Waals surface area contributed by atoms with Crippen LogP contribution in [0.15, 0.2) is 34.8 Å². The zero-order valence-corrected chi connectivity index (χ0v) is 13.9. The molecule has 100 valence electrons. The fraction of sp³-hybridized carbons (Fsp3) is 0.0769. The van der Waals surface area contributed by atoms with E-state index in [2.05, 4.69) is 31.9 Å². The van der Waals surface area contributed by atoms with Crippen LogP contribution in [0.5, 0.6) is 0 Å². The van der Waals surface area contributed by atoms with Crippen molar-refractivity contribution < 1.29 is 8.78 Å². The molecule has 2 aromatic rings. The lowest BCUT2D eigenvalue weighted by molar-refractivity contribution is 0.598. The first kappa shape index (κ1) is 15.2. The minimum Gasteiger partial charge on any atom is -0.207 e. The summed E-state index contributed by atoms with van der Waals surface area (Å²) in [7, 11) is 0. The quantitative estimate of drug-likeness (QED) is 0.376. The standard InChI is InChI=1S/C13H6Br2Cl2F2/c14-9-5-12(19)8(4-10(9)17)13(15)7-3-6(16)1-2-11(7)18/h1-5,13H. The second-order valence-corrected chi connectivity index (χ2v) is 6.43. The molecular weight excluding hydrogens is 425 g/mol. The van der Waals surface area contributed by atoms with Gasteiger partial charge in [-0.05, 0) is 46.3 Å². The molecule has 6 heteroatoms. The second-order valence-electron chi connectivity index (χ2n) is 3.82. The van der Waals surface area contributed by atoms with Crippen LogP contribution in [0.25, 0.3) is 0 Å². The van der Waals surface area contributed by atoms with Gasteiger partial charge in [0, 0.05) is 20.6 Å². The van der Waals surface area contributed by atoms with Gasteiger partial charge in [0.2, 0.25) is 0 Å².